The van der Waals surface area contributed by atoms with Crippen LogP contribution >= 0.6 is 11.3 Å². The third-order valence-electron chi connectivity index (χ3n) is 3.73. The van der Waals surface area contributed by atoms with E-state index in [2.05, 4.69) is 38.8 Å². The lowest BCUT2D eigenvalue weighted by atomic mass is 10.2. The summed E-state index contributed by atoms with van der Waals surface area (Å²) in [6.45, 7) is 13.5. The van der Waals surface area contributed by atoms with Gasteiger partial charge in [-0.05, 0) is 18.1 Å². The number of thiazole rings is 1. The van der Waals surface area contributed by atoms with E-state index in [1.165, 1.54) is 0 Å². The van der Waals surface area contributed by atoms with Gasteiger partial charge in [-0.15, -0.1) is 11.3 Å². The van der Waals surface area contributed by atoms with Gasteiger partial charge >= 0.3 is 0 Å². The molecule has 0 amide bonds. The predicted molar refractivity (Wildman–Crippen MR) is 85.1 cm³/mol. The molecule has 1 rings (SSSR count). The zero-order chi connectivity index (χ0) is 15.8. The quantitative estimate of drug-likeness (QED) is 0.838. The van der Waals surface area contributed by atoms with Gasteiger partial charge in [-0.1, -0.05) is 27.7 Å². The topological polar surface area (TPSA) is 82.3 Å². The number of hydrogen-bond acceptors (Lipinski definition) is 5. The van der Waals surface area contributed by atoms with Crippen molar-refractivity contribution in [1.82, 2.24) is 4.98 Å². The van der Waals surface area contributed by atoms with Crippen molar-refractivity contribution >= 4 is 29.7 Å². The minimum Gasteiger partial charge on any atom is -0.416 e. The largest absolute Gasteiger partial charge is 0.416 e. The molecule has 1 aromatic rings. The van der Waals surface area contributed by atoms with Gasteiger partial charge in [0.05, 0.1) is 0 Å². The number of nitrogens with two attached hydrogens (primary N) is 1. The van der Waals surface area contributed by atoms with E-state index in [9.17, 15) is 8.42 Å². The van der Waals surface area contributed by atoms with Crippen molar-refractivity contribution in [3.05, 3.63) is 11.1 Å². The van der Waals surface area contributed by atoms with Crippen LogP contribution in [0.25, 0.3) is 0 Å². The normalized spacial score (nSPS) is 15.3. The molecule has 20 heavy (non-hydrogen) atoms. The van der Waals surface area contributed by atoms with Crippen molar-refractivity contribution in [3.8, 4) is 0 Å². The van der Waals surface area contributed by atoms with Crippen LogP contribution in [0, 0.1) is 0 Å². The van der Waals surface area contributed by atoms with Crippen LogP contribution in [-0.4, -0.2) is 28.3 Å². The zero-order valence-electron chi connectivity index (χ0n) is 12.9. The first kappa shape index (κ1) is 17.8. The number of hydrogen-bond donors (Lipinski definition) is 1. The Morgan fingerprint density at radius 2 is 2.00 bits per heavy atom. The molecule has 2 N–H and O–H groups in total. The Morgan fingerprint density at radius 3 is 2.40 bits per heavy atom. The summed E-state index contributed by atoms with van der Waals surface area (Å²) in [5.74, 6) is 0.108. The Morgan fingerprint density at radius 1 is 1.45 bits per heavy atom. The van der Waals surface area contributed by atoms with Gasteiger partial charge < -0.3 is 4.43 Å². The Balaban J connectivity index is 2.74. The van der Waals surface area contributed by atoms with E-state index in [1.807, 2.05) is 6.92 Å². The summed E-state index contributed by atoms with van der Waals surface area (Å²) in [7, 11) is -5.50. The van der Waals surface area contributed by atoms with Gasteiger partial charge in [0.2, 0.25) is 4.34 Å². The lowest BCUT2D eigenvalue weighted by Gasteiger charge is -2.36. The molecule has 0 bridgehead atoms. The van der Waals surface area contributed by atoms with Crippen LogP contribution < -0.4 is 5.14 Å². The summed E-state index contributed by atoms with van der Waals surface area (Å²) < 4.78 is 28.5. The van der Waals surface area contributed by atoms with Gasteiger partial charge in [-0.25, -0.2) is 18.5 Å². The molecular weight excluding hydrogens is 312 g/mol. The third kappa shape index (κ3) is 4.36. The fourth-order valence-electron chi connectivity index (χ4n) is 1.26. The van der Waals surface area contributed by atoms with E-state index < -0.39 is 18.3 Å². The summed E-state index contributed by atoms with van der Waals surface area (Å²) in [6.07, 6.45) is 1.57. The van der Waals surface area contributed by atoms with E-state index in [-0.39, 0.29) is 15.3 Å². The van der Waals surface area contributed by atoms with Gasteiger partial charge in [0, 0.05) is 23.6 Å². The molecule has 1 unspecified atom stereocenters. The Hall–Kier alpha value is -0.283. The first-order valence-electron chi connectivity index (χ1n) is 6.47. The standard InChI is InChI=1S/C12H24N2O3S2Si/c1-9(8-17-20(5,6)12(2,3)4)10-7-14-11(18-10)19(13,15)16/h7,9H,8H2,1-6H3,(H2,13,15,16). The van der Waals surface area contributed by atoms with Gasteiger partial charge in [0.15, 0.2) is 8.32 Å². The highest BCUT2D eigenvalue weighted by Crippen LogP contribution is 2.37. The SMILES string of the molecule is CC(CO[Si](C)(C)C(C)(C)C)c1cnc(S(N)(=O)=O)s1. The highest BCUT2D eigenvalue weighted by Gasteiger charge is 2.37. The van der Waals surface area contributed by atoms with Crippen LogP contribution in [0.15, 0.2) is 10.5 Å². The maximum atomic E-state index is 11.2. The smallest absolute Gasteiger partial charge is 0.265 e. The molecule has 0 saturated carbocycles. The van der Waals surface area contributed by atoms with Crippen LogP contribution in [0.4, 0.5) is 0 Å². The monoisotopic (exact) mass is 336 g/mol. The second kappa shape index (κ2) is 5.84. The van der Waals surface area contributed by atoms with Gasteiger partial charge in [-0.2, -0.15) is 0 Å². The molecule has 0 aliphatic carbocycles. The van der Waals surface area contributed by atoms with Crippen LogP contribution in [0.5, 0.6) is 0 Å². The molecule has 5 nitrogen and oxygen atoms in total. The van der Waals surface area contributed by atoms with Crippen molar-refractivity contribution in [1.29, 1.82) is 0 Å². The molecule has 0 radical (unpaired) electrons. The van der Waals surface area contributed by atoms with Crippen LogP contribution in [0.2, 0.25) is 18.1 Å². The summed E-state index contributed by atoms with van der Waals surface area (Å²) in [6, 6.07) is 0. The highest BCUT2D eigenvalue weighted by molar-refractivity contribution is 7.91. The van der Waals surface area contributed by atoms with Gasteiger partial charge in [-0.3, -0.25) is 0 Å². The molecule has 0 spiro atoms. The molecule has 0 aliphatic rings. The number of nitrogens with zero attached hydrogens (tertiary/aromatic N) is 1. The summed E-state index contributed by atoms with van der Waals surface area (Å²) in [4.78, 5) is 4.75. The number of sulfonamides is 1. The minimum absolute atomic E-state index is 0.0355. The third-order valence-corrected chi connectivity index (χ3v) is 10.8. The first-order chi connectivity index (χ1) is 8.84. The maximum Gasteiger partial charge on any atom is 0.265 e. The van der Waals surface area contributed by atoms with Gasteiger partial charge in [0.25, 0.3) is 10.0 Å². The molecule has 8 heteroatoms. The molecule has 0 aromatic carbocycles. The number of rotatable bonds is 5. The molecule has 1 atom stereocenters. The predicted octanol–water partition coefficient (Wildman–Crippen LogP) is 2.92. The molecule has 1 heterocycles. The maximum absolute atomic E-state index is 11.2. The lowest BCUT2D eigenvalue weighted by Crippen LogP contribution is -2.41. The number of aromatic nitrogens is 1. The average Bonchev–Trinajstić information content (AvgIpc) is 2.73. The van der Waals surface area contributed by atoms with Crippen LogP contribution in [0.1, 0.15) is 38.5 Å². The second-order valence-corrected chi connectivity index (χ2v) is 14.2. The van der Waals surface area contributed by atoms with Crippen LogP contribution in [-0.2, 0) is 14.4 Å². The zero-order valence-corrected chi connectivity index (χ0v) is 15.6. The Kier molecular flexibility index (Phi) is 5.19. The van der Waals surface area contributed by atoms with Crippen molar-refractivity contribution < 1.29 is 12.8 Å². The van der Waals surface area contributed by atoms with Crippen molar-refractivity contribution in [3.63, 3.8) is 0 Å². The Bertz CT molecular complexity index is 562. The minimum atomic E-state index is -3.71. The van der Waals surface area contributed by atoms with Crippen molar-refractivity contribution in [2.45, 2.75) is 56.1 Å². The highest BCUT2D eigenvalue weighted by atomic mass is 32.2. The van der Waals surface area contributed by atoms with E-state index in [4.69, 9.17) is 9.56 Å². The van der Waals surface area contributed by atoms with Gasteiger partial charge in [0.1, 0.15) is 0 Å². The first-order valence-corrected chi connectivity index (χ1v) is 11.7. The number of primary sulfonamides is 1. The molecular formula is C12H24N2O3S2Si. The van der Waals surface area contributed by atoms with E-state index in [1.54, 1.807) is 6.20 Å². The van der Waals surface area contributed by atoms with Crippen LogP contribution in [0.3, 0.4) is 0 Å². The molecule has 0 aliphatic heterocycles. The molecule has 0 saturated heterocycles. The molecule has 1 aromatic heterocycles. The van der Waals surface area contributed by atoms with E-state index in [0.29, 0.717) is 6.61 Å². The van der Waals surface area contributed by atoms with E-state index in [0.717, 1.165) is 16.2 Å². The fourth-order valence-corrected chi connectivity index (χ4v) is 4.00. The molecule has 116 valence electrons. The second-order valence-electron chi connectivity index (χ2n) is 6.55. The summed E-state index contributed by atoms with van der Waals surface area (Å²) in [5, 5.41) is 5.23. The lowest BCUT2D eigenvalue weighted by molar-refractivity contribution is 0.270. The van der Waals surface area contributed by atoms with Crippen molar-refractivity contribution in [2.75, 3.05) is 6.61 Å². The average molecular weight is 337 g/mol. The summed E-state index contributed by atoms with van der Waals surface area (Å²) in [5.41, 5.74) is 0. The molecule has 0 fully saturated rings. The van der Waals surface area contributed by atoms with E-state index >= 15 is 0 Å². The fraction of sp³-hybridized carbons (Fsp3) is 0.750. The Labute approximate surface area is 126 Å². The summed E-state index contributed by atoms with van der Waals surface area (Å²) >= 11 is 1.12. The van der Waals surface area contributed by atoms with Crippen molar-refractivity contribution in [2.24, 2.45) is 5.14 Å².